The number of aliphatic hydroxyl groups is 1. The average molecular weight is 415 g/mol. The SMILES string of the molecule is Cc1nc(CO)sc1-c1csc(NC(=O)C2CC(N3CCC(F)(F)C3)C2)n1. The highest BCUT2D eigenvalue weighted by Gasteiger charge is 2.46. The van der Waals surface area contributed by atoms with Crippen molar-refractivity contribution in [1.82, 2.24) is 14.9 Å². The van der Waals surface area contributed by atoms with Crippen molar-refractivity contribution in [3.8, 4) is 10.6 Å². The summed E-state index contributed by atoms with van der Waals surface area (Å²) >= 11 is 2.72. The molecule has 27 heavy (non-hydrogen) atoms. The van der Waals surface area contributed by atoms with Crippen LogP contribution in [0.2, 0.25) is 0 Å². The molecule has 0 atom stereocenters. The van der Waals surface area contributed by atoms with Gasteiger partial charge in [0.25, 0.3) is 5.92 Å². The topological polar surface area (TPSA) is 78.4 Å². The van der Waals surface area contributed by atoms with Crippen LogP contribution in [-0.4, -0.2) is 50.9 Å². The molecular formula is C17H20F2N4O2S2. The summed E-state index contributed by atoms with van der Waals surface area (Å²) in [7, 11) is 0. The van der Waals surface area contributed by atoms with Gasteiger partial charge in [-0.15, -0.1) is 22.7 Å². The Balaban J connectivity index is 1.32. The highest BCUT2D eigenvalue weighted by atomic mass is 32.1. The van der Waals surface area contributed by atoms with Gasteiger partial charge in [0, 0.05) is 30.3 Å². The maximum Gasteiger partial charge on any atom is 0.261 e. The van der Waals surface area contributed by atoms with E-state index < -0.39 is 5.92 Å². The number of alkyl halides is 2. The van der Waals surface area contributed by atoms with Crippen molar-refractivity contribution >= 4 is 33.7 Å². The standard InChI is InChI=1S/C17H20F2N4O2S2/c1-9-14(27-13(6-24)20-9)12-7-26-16(21-12)22-15(25)10-4-11(5-10)23-3-2-17(18,19)8-23/h7,10-11,24H,2-6,8H2,1H3,(H,21,22,25). The van der Waals surface area contributed by atoms with Gasteiger partial charge < -0.3 is 10.4 Å². The fraction of sp³-hybridized carbons (Fsp3) is 0.588. The second-order valence-electron chi connectivity index (χ2n) is 7.11. The van der Waals surface area contributed by atoms with E-state index in [0.29, 0.717) is 29.5 Å². The van der Waals surface area contributed by atoms with Crippen molar-refractivity contribution < 1.29 is 18.7 Å². The molecule has 1 aliphatic carbocycles. The highest BCUT2D eigenvalue weighted by molar-refractivity contribution is 7.17. The number of thiazole rings is 2. The number of nitrogens with one attached hydrogen (secondary N) is 1. The molecule has 2 aromatic rings. The minimum absolute atomic E-state index is 0.0812. The number of anilines is 1. The van der Waals surface area contributed by atoms with Crippen LogP contribution in [0.4, 0.5) is 13.9 Å². The predicted octanol–water partition coefficient (Wildman–Crippen LogP) is 3.13. The summed E-state index contributed by atoms with van der Waals surface area (Å²) in [5, 5.41) is 15.0. The fourth-order valence-corrected chi connectivity index (χ4v) is 5.24. The van der Waals surface area contributed by atoms with Crippen molar-refractivity contribution in [2.45, 2.75) is 44.8 Å². The van der Waals surface area contributed by atoms with Crippen LogP contribution in [0.3, 0.4) is 0 Å². The van der Waals surface area contributed by atoms with Gasteiger partial charge in [0.05, 0.1) is 29.4 Å². The van der Waals surface area contributed by atoms with Crippen LogP contribution >= 0.6 is 22.7 Å². The molecule has 2 aliphatic rings. The van der Waals surface area contributed by atoms with Crippen LogP contribution in [0.25, 0.3) is 10.6 Å². The zero-order chi connectivity index (χ0) is 19.2. The van der Waals surface area contributed by atoms with Crippen LogP contribution in [0.5, 0.6) is 0 Å². The first kappa shape index (κ1) is 18.9. The fourth-order valence-electron chi connectivity index (χ4n) is 3.57. The summed E-state index contributed by atoms with van der Waals surface area (Å²) in [5.74, 6) is -2.84. The lowest BCUT2D eigenvalue weighted by molar-refractivity contribution is -0.124. The van der Waals surface area contributed by atoms with E-state index in [2.05, 4.69) is 15.3 Å². The van der Waals surface area contributed by atoms with Crippen molar-refractivity contribution in [2.24, 2.45) is 5.92 Å². The van der Waals surface area contributed by atoms with Crippen LogP contribution in [0.15, 0.2) is 5.38 Å². The summed E-state index contributed by atoms with van der Waals surface area (Å²) in [6.45, 7) is 1.97. The van der Waals surface area contributed by atoms with E-state index in [9.17, 15) is 18.7 Å². The minimum atomic E-state index is -2.59. The van der Waals surface area contributed by atoms with E-state index in [4.69, 9.17) is 0 Å². The van der Waals surface area contributed by atoms with Gasteiger partial charge in [0.1, 0.15) is 5.01 Å². The first-order chi connectivity index (χ1) is 12.8. The number of likely N-dealkylation sites (tertiary alicyclic amines) is 1. The molecule has 1 saturated carbocycles. The molecule has 1 saturated heterocycles. The molecule has 1 aliphatic heterocycles. The summed E-state index contributed by atoms with van der Waals surface area (Å²) in [4.78, 5) is 23.8. The van der Waals surface area contributed by atoms with Crippen molar-refractivity contribution in [2.75, 3.05) is 18.4 Å². The number of nitrogens with zero attached hydrogens (tertiary/aromatic N) is 3. The van der Waals surface area contributed by atoms with Gasteiger partial charge in [-0.2, -0.15) is 0 Å². The summed E-state index contributed by atoms with van der Waals surface area (Å²) in [5.41, 5.74) is 1.53. The van der Waals surface area contributed by atoms with Gasteiger partial charge in [-0.05, 0) is 19.8 Å². The molecule has 1 amide bonds. The molecule has 10 heteroatoms. The van der Waals surface area contributed by atoms with Crippen LogP contribution in [0.1, 0.15) is 30.0 Å². The minimum Gasteiger partial charge on any atom is -0.389 e. The second kappa shape index (κ2) is 7.16. The zero-order valence-corrected chi connectivity index (χ0v) is 16.4. The molecule has 146 valence electrons. The zero-order valence-electron chi connectivity index (χ0n) is 14.7. The molecule has 0 aromatic carbocycles. The van der Waals surface area contributed by atoms with Gasteiger partial charge in [-0.1, -0.05) is 0 Å². The van der Waals surface area contributed by atoms with Crippen molar-refractivity contribution in [3.05, 3.63) is 16.1 Å². The molecule has 3 heterocycles. The number of halogens is 2. The third-order valence-electron chi connectivity index (χ3n) is 5.14. The van der Waals surface area contributed by atoms with Gasteiger partial charge >= 0.3 is 0 Å². The maximum absolute atomic E-state index is 13.3. The average Bonchev–Trinajstić information content (AvgIpc) is 3.25. The van der Waals surface area contributed by atoms with E-state index in [-0.39, 0.29) is 37.4 Å². The van der Waals surface area contributed by atoms with E-state index >= 15 is 0 Å². The van der Waals surface area contributed by atoms with Gasteiger partial charge in [-0.3, -0.25) is 9.69 Å². The third-order valence-corrected chi connectivity index (χ3v) is 7.07. The molecule has 2 N–H and O–H groups in total. The molecule has 0 radical (unpaired) electrons. The van der Waals surface area contributed by atoms with Crippen LogP contribution in [0, 0.1) is 12.8 Å². The number of carbonyl (C=O) groups excluding carboxylic acids is 1. The van der Waals surface area contributed by atoms with Gasteiger partial charge in [-0.25, -0.2) is 18.7 Å². The Morgan fingerprint density at radius 2 is 2.22 bits per heavy atom. The summed E-state index contributed by atoms with van der Waals surface area (Å²) in [6.07, 6.45) is 1.15. The lowest BCUT2D eigenvalue weighted by Gasteiger charge is -2.40. The lowest BCUT2D eigenvalue weighted by Crippen LogP contribution is -2.48. The molecule has 4 rings (SSSR count). The van der Waals surface area contributed by atoms with Crippen molar-refractivity contribution in [1.29, 1.82) is 0 Å². The Morgan fingerprint density at radius 3 is 2.85 bits per heavy atom. The highest BCUT2D eigenvalue weighted by Crippen LogP contribution is 2.38. The van der Waals surface area contributed by atoms with E-state index in [1.165, 1.54) is 22.7 Å². The number of amides is 1. The Hall–Kier alpha value is -1.49. The Labute approximate surface area is 163 Å². The monoisotopic (exact) mass is 414 g/mol. The number of carbonyl (C=O) groups is 1. The molecule has 0 bridgehead atoms. The van der Waals surface area contributed by atoms with Crippen LogP contribution < -0.4 is 5.32 Å². The number of aryl methyl sites for hydroxylation is 1. The molecular weight excluding hydrogens is 394 g/mol. The first-order valence-corrected chi connectivity index (χ1v) is 10.5. The Bertz CT molecular complexity index is 848. The Morgan fingerprint density at radius 1 is 1.44 bits per heavy atom. The third kappa shape index (κ3) is 3.89. The predicted molar refractivity (Wildman–Crippen MR) is 100 cm³/mol. The number of aliphatic hydroxyl groups excluding tert-OH is 1. The van der Waals surface area contributed by atoms with E-state index in [1.807, 2.05) is 12.3 Å². The van der Waals surface area contributed by atoms with Gasteiger partial charge in [0.2, 0.25) is 5.91 Å². The van der Waals surface area contributed by atoms with E-state index in [0.717, 1.165) is 16.3 Å². The van der Waals surface area contributed by atoms with Crippen molar-refractivity contribution in [3.63, 3.8) is 0 Å². The lowest BCUT2D eigenvalue weighted by atomic mass is 9.79. The molecule has 0 spiro atoms. The number of rotatable bonds is 5. The normalized spacial score (nSPS) is 24.7. The number of hydrogen-bond donors (Lipinski definition) is 2. The molecule has 6 nitrogen and oxygen atoms in total. The largest absolute Gasteiger partial charge is 0.389 e. The number of aromatic nitrogens is 2. The first-order valence-electron chi connectivity index (χ1n) is 8.80. The van der Waals surface area contributed by atoms with E-state index in [1.54, 1.807) is 4.90 Å². The maximum atomic E-state index is 13.3. The smallest absolute Gasteiger partial charge is 0.261 e. The molecule has 0 unspecified atom stereocenters. The molecule has 2 aromatic heterocycles. The second-order valence-corrected chi connectivity index (χ2v) is 9.05. The van der Waals surface area contributed by atoms with Gasteiger partial charge in [0.15, 0.2) is 5.13 Å². The number of hydrogen-bond acceptors (Lipinski definition) is 7. The van der Waals surface area contributed by atoms with Crippen LogP contribution in [-0.2, 0) is 11.4 Å². The quantitative estimate of drug-likeness (QED) is 0.786. The summed E-state index contributed by atoms with van der Waals surface area (Å²) < 4.78 is 26.6. The molecule has 2 fully saturated rings. The summed E-state index contributed by atoms with van der Waals surface area (Å²) in [6, 6.07) is 0.0812. The Kier molecular flexibility index (Phi) is 5.00.